The summed E-state index contributed by atoms with van der Waals surface area (Å²) < 4.78 is 6.57. The number of aliphatic carboxylic acids is 1. The molecule has 1 atom stereocenters. The molecule has 47 heavy (non-hydrogen) atoms. The lowest BCUT2D eigenvalue weighted by Crippen LogP contribution is -2.54. The smallest absolute Gasteiger partial charge is 0.410 e. The highest BCUT2D eigenvalue weighted by molar-refractivity contribution is 7.98. The molecule has 5 aliphatic rings. The van der Waals surface area contributed by atoms with Crippen LogP contribution < -0.4 is 5.32 Å². The summed E-state index contributed by atoms with van der Waals surface area (Å²) in [5, 5.41) is 12.5. The van der Waals surface area contributed by atoms with E-state index in [-0.39, 0.29) is 17.6 Å². The number of carbonyl (C=O) groups excluding carboxylic acids is 2. The number of carbonyl (C=O) groups is 3. The fraction of sp³-hybridized carbons (Fsp3) is 0.615. The number of carboxylic acids is 1. The molecule has 0 radical (unpaired) electrons. The Balaban J connectivity index is 1.22. The van der Waals surface area contributed by atoms with Gasteiger partial charge in [-0.15, -0.1) is 0 Å². The van der Waals surface area contributed by atoms with Crippen LogP contribution >= 0.6 is 11.8 Å². The van der Waals surface area contributed by atoms with Crippen molar-refractivity contribution in [3.05, 3.63) is 59.2 Å². The molecule has 254 valence electrons. The van der Waals surface area contributed by atoms with E-state index in [2.05, 4.69) is 11.4 Å². The molecule has 4 bridgehead atoms. The number of nitrogens with zero attached hydrogens (tertiary/aromatic N) is 1. The van der Waals surface area contributed by atoms with Gasteiger partial charge < -0.3 is 20.1 Å². The maximum atomic E-state index is 14.0. The zero-order valence-corrected chi connectivity index (χ0v) is 29.0. The Morgan fingerprint density at radius 2 is 1.66 bits per heavy atom. The molecular formula is C39H52N2O5S. The maximum absolute atomic E-state index is 14.0. The first-order valence-electron chi connectivity index (χ1n) is 17.9. The van der Waals surface area contributed by atoms with Crippen molar-refractivity contribution in [1.82, 2.24) is 10.2 Å². The van der Waals surface area contributed by atoms with E-state index in [0.29, 0.717) is 54.4 Å². The van der Waals surface area contributed by atoms with Gasteiger partial charge in [0.1, 0.15) is 11.6 Å². The van der Waals surface area contributed by atoms with Gasteiger partial charge in [0.25, 0.3) is 5.91 Å². The number of aryl methyl sites for hydroxylation is 1. The molecule has 5 fully saturated rings. The third-order valence-electron chi connectivity index (χ3n) is 11.4. The van der Waals surface area contributed by atoms with Gasteiger partial charge in [0.2, 0.25) is 0 Å². The molecule has 0 saturated heterocycles. The summed E-state index contributed by atoms with van der Waals surface area (Å²) >= 11 is 1.56. The maximum Gasteiger partial charge on any atom is 0.410 e. The lowest BCUT2D eigenvalue weighted by Gasteiger charge is -2.55. The molecule has 2 amide bonds. The van der Waals surface area contributed by atoms with Crippen molar-refractivity contribution in [1.29, 1.82) is 0 Å². The Morgan fingerprint density at radius 3 is 2.30 bits per heavy atom. The number of hydrogen-bond acceptors (Lipinski definition) is 5. The molecule has 2 aromatic carbocycles. The number of thioether (sulfide) groups is 1. The van der Waals surface area contributed by atoms with Gasteiger partial charge in [-0.1, -0.05) is 55.7 Å². The number of nitrogens with one attached hydrogen (secondary N) is 1. The number of amides is 2. The van der Waals surface area contributed by atoms with E-state index >= 15 is 0 Å². The molecule has 2 aromatic rings. The Kier molecular flexibility index (Phi) is 10.8. The zero-order chi connectivity index (χ0) is 33.0. The number of benzene rings is 2. The summed E-state index contributed by atoms with van der Waals surface area (Å²) in [6.07, 6.45) is 15.9. The Hall–Kier alpha value is -3.00. The monoisotopic (exact) mass is 660 g/mol. The average Bonchev–Trinajstić information content (AvgIpc) is 3.04. The van der Waals surface area contributed by atoms with Gasteiger partial charge in [0, 0.05) is 18.7 Å². The fourth-order valence-electron chi connectivity index (χ4n) is 9.38. The van der Waals surface area contributed by atoms with Crippen LogP contribution in [0.4, 0.5) is 4.79 Å². The van der Waals surface area contributed by atoms with E-state index in [9.17, 15) is 19.5 Å². The average molecular weight is 661 g/mol. The fourth-order valence-corrected chi connectivity index (χ4v) is 9.85. The molecule has 7 rings (SSSR count). The summed E-state index contributed by atoms with van der Waals surface area (Å²) in [5.74, 6) is 1.88. The van der Waals surface area contributed by atoms with Crippen LogP contribution in [0.1, 0.15) is 98.5 Å². The quantitative estimate of drug-likeness (QED) is 0.225. The van der Waals surface area contributed by atoms with Crippen molar-refractivity contribution in [2.45, 2.75) is 102 Å². The standard InChI is InChI=1S/C39H52N2O5S/c1-26-8-6-7-11-32(26)34-21-27(12-13-33(34)36(42)40-35(37(43)44)15-17-47-2)14-16-41(25-28-9-4-3-5-10-28)38(45)46-39-22-29-18-30(23-39)20-31(19-29)24-39/h6-8,11-13,21,28-31,35H,3-5,9-10,14-20,22-25H2,1-2H3,(H,40,42)(H,43,44). The first kappa shape index (κ1) is 33.9. The minimum absolute atomic E-state index is 0.141. The van der Waals surface area contributed by atoms with E-state index in [1.807, 2.05) is 54.5 Å². The van der Waals surface area contributed by atoms with Crippen molar-refractivity contribution >= 4 is 29.7 Å². The lowest BCUT2D eigenvalue weighted by molar-refractivity contribution is -0.139. The predicted octanol–water partition coefficient (Wildman–Crippen LogP) is 8.13. The van der Waals surface area contributed by atoms with Crippen molar-refractivity contribution in [2.75, 3.05) is 25.1 Å². The van der Waals surface area contributed by atoms with Gasteiger partial charge >= 0.3 is 12.1 Å². The second-order valence-corrected chi connectivity index (χ2v) is 16.0. The minimum Gasteiger partial charge on any atom is -0.480 e. The van der Waals surface area contributed by atoms with Gasteiger partial charge in [0.05, 0.1) is 0 Å². The summed E-state index contributed by atoms with van der Waals surface area (Å²) in [7, 11) is 0. The SMILES string of the molecule is CSCCC(NC(=O)c1ccc(CCN(CC2CCCCC2)C(=O)OC23CC4CC(CC(C4)C2)C3)cc1-c1ccccc1C)C(=O)O. The van der Waals surface area contributed by atoms with Crippen LogP contribution in [0.3, 0.4) is 0 Å². The second-order valence-electron chi connectivity index (χ2n) is 15.0. The lowest BCUT2D eigenvalue weighted by atomic mass is 9.54. The van der Waals surface area contributed by atoms with Crippen LogP contribution in [0.2, 0.25) is 0 Å². The normalized spacial score (nSPS) is 25.7. The minimum atomic E-state index is -1.03. The summed E-state index contributed by atoms with van der Waals surface area (Å²) in [4.78, 5) is 41.5. The third kappa shape index (κ3) is 8.18. The van der Waals surface area contributed by atoms with Crippen LogP contribution in [0.25, 0.3) is 11.1 Å². The predicted molar refractivity (Wildman–Crippen MR) is 188 cm³/mol. The number of rotatable bonds is 13. The summed E-state index contributed by atoms with van der Waals surface area (Å²) in [5.41, 5.74) is 3.98. The van der Waals surface area contributed by atoms with Crippen molar-refractivity contribution in [3.63, 3.8) is 0 Å². The Morgan fingerprint density at radius 1 is 0.979 bits per heavy atom. The number of carboxylic acid groups (broad SMARTS) is 1. The topological polar surface area (TPSA) is 95.9 Å². The molecule has 0 spiro atoms. The highest BCUT2D eigenvalue weighted by atomic mass is 32.2. The molecule has 0 aromatic heterocycles. The molecule has 5 saturated carbocycles. The van der Waals surface area contributed by atoms with E-state index in [4.69, 9.17) is 4.74 Å². The number of ether oxygens (including phenoxy) is 1. The first-order chi connectivity index (χ1) is 22.7. The van der Waals surface area contributed by atoms with Crippen molar-refractivity contribution < 1.29 is 24.2 Å². The van der Waals surface area contributed by atoms with Crippen molar-refractivity contribution in [2.24, 2.45) is 23.7 Å². The molecule has 0 heterocycles. The van der Waals surface area contributed by atoms with E-state index in [1.165, 1.54) is 38.5 Å². The van der Waals surface area contributed by atoms with Crippen LogP contribution in [0.5, 0.6) is 0 Å². The van der Waals surface area contributed by atoms with Gasteiger partial charge in [-0.25, -0.2) is 9.59 Å². The van der Waals surface area contributed by atoms with Gasteiger partial charge in [0.15, 0.2) is 0 Å². The molecule has 2 N–H and O–H groups in total. The largest absolute Gasteiger partial charge is 0.480 e. The molecular weight excluding hydrogens is 609 g/mol. The van der Waals surface area contributed by atoms with Crippen LogP contribution in [0, 0.1) is 30.6 Å². The van der Waals surface area contributed by atoms with E-state index in [1.54, 1.807) is 11.8 Å². The molecule has 0 aliphatic heterocycles. The third-order valence-corrected chi connectivity index (χ3v) is 12.0. The Labute approximate surface area is 284 Å². The van der Waals surface area contributed by atoms with E-state index in [0.717, 1.165) is 60.9 Å². The molecule has 7 nitrogen and oxygen atoms in total. The van der Waals surface area contributed by atoms with Crippen LogP contribution in [-0.2, 0) is 16.0 Å². The summed E-state index contributed by atoms with van der Waals surface area (Å²) in [6.45, 7) is 3.33. The molecule has 1 unspecified atom stereocenters. The number of hydrogen-bond donors (Lipinski definition) is 2. The highest BCUT2D eigenvalue weighted by Crippen LogP contribution is 2.57. The highest BCUT2D eigenvalue weighted by Gasteiger charge is 2.53. The van der Waals surface area contributed by atoms with E-state index < -0.39 is 12.0 Å². The van der Waals surface area contributed by atoms with Crippen molar-refractivity contribution in [3.8, 4) is 11.1 Å². The van der Waals surface area contributed by atoms with Crippen LogP contribution in [-0.4, -0.2) is 64.7 Å². The van der Waals surface area contributed by atoms with Gasteiger partial charge in [-0.05, 0) is 135 Å². The van der Waals surface area contributed by atoms with Gasteiger partial charge in [-0.2, -0.15) is 11.8 Å². The Bertz CT molecular complexity index is 1400. The second kappa shape index (κ2) is 15.0. The first-order valence-corrected chi connectivity index (χ1v) is 19.3. The zero-order valence-electron chi connectivity index (χ0n) is 28.2. The molecule has 8 heteroatoms. The van der Waals surface area contributed by atoms with Crippen LogP contribution in [0.15, 0.2) is 42.5 Å². The molecule has 5 aliphatic carbocycles. The summed E-state index contributed by atoms with van der Waals surface area (Å²) in [6, 6.07) is 12.8. The van der Waals surface area contributed by atoms with Gasteiger partial charge in [-0.3, -0.25) is 4.79 Å².